The first kappa shape index (κ1) is 26.6. The normalized spacial score (nSPS) is 15.9. The summed E-state index contributed by atoms with van der Waals surface area (Å²) in [5.74, 6) is 0.118. The highest BCUT2D eigenvalue weighted by Gasteiger charge is 2.28. The van der Waals surface area contributed by atoms with Crippen LogP contribution in [-0.2, 0) is 22.7 Å². The highest BCUT2D eigenvalue weighted by molar-refractivity contribution is 5.78. The summed E-state index contributed by atoms with van der Waals surface area (Å²) in [7, 11) is 0. The van der Waals surface area contributed by atoms with Crippen molar-refractivity contribution in [2.24, 2.45) is 5.92 Å². The summed E-state index contributed by atoms with van der Waals surface area (Å²) in [6, 6.07) is 12.8. The van der Waals surface area contributed by atoms with Crippen LogP contribution in [0.5, 0.6) is 0 Å². The Labute approximate surface area is 206 Å². The van der Waals surface area contributed by atoms with E-state index in [-0.39, 0.29) is 30.3 Å². The molecule has 1 N–H and O–H groups in total. The maximum atomic E-state index is 13.8. The van der Waals surface area contributed by atoms with E-state index < -0.39 is 0 Å². The lowest BCUT2D eigenvalue weighted by Crippen LogP contribution is -2.51. The fourth-order valence-electron chi connectivity index (χ4n) is 3.75. The maximum Gasteiger partial charge on any atom is 0.250 e. The fourth-order valence-corrected chi connectivity index (χ4v) is 3.75. The van der Waals surface area contributed by atoms with Gasteiger partial charge in [-0.3, -0.25) is 14.2 Å². The molecule has 6 nitrogen and oxygen atoms in total. The van der Waals surface area contributed by atoms with Crippen LogP contribution in [0.25, 0.3) is 11.3 Å². The largest absolute Gasteiger partial charge is 0.365 e. The van der Waals surface area contributed by atoms with Gasteiger partial charge in [0.15, 0.2) is 0 Å². The van der Waals surface area contributed by atoms with Crippen LogP contribution in [0.4, 0.5) is 8.78 Å². The molecule has 1 aromatic heterocycles. The van der Waals surface area contributed by atoms with Crippen molar-refractivity contribution in [1.82, 2.24) is 19.6 Å². The number of morpholine rings is 1. The molecule has 0 aliphatic carbocycles. The van der Waals surface area contributed by atoms with E-state index in [1.807, 2.05) is 34.6 Å². The maximum absolute atomic E-state index is 13.8. The van der Waals surface area contributed by atoms with Gasteiger partial charge in [-0.05, 0) is 42.3 Å². The number of rotatable bonds is 8. The Morgan fingerprint density at radius 3 is 2.43 bits per heavy atom. The van der Waals surface area contributed by atoms with E-state index in [1.165, 1.54) is 24.3 Å². The highest BCUT2D eigenvalue weighted by atomic mass is 19.1. The smallest absolute Gasteiger partial charge is 0.250 e. The summed E-state index contributed by atoms with van der Waals surface area (Å²) in [6.07, 6.45) is 1.80. The molecule has 0 radical (unpaired) electrons. The van der Waals surface area contributed by atoms with Crippen molar-refractivity contribution in [3.05, 3.63) is 71.9 Å². The zero-order valence-electron chi connectivity index (χ0n) is 21.0. The van der Waals surface area contributed by atoms with Crippen LogP contribution in [0.2, 0.25) is 0 Å². The lowest BCUT2D eigenvalue weighted by molar-refractivity contribution is -0.151. The van der Waals surface area contributed by atoms with E-state index in [0.29, 0.717) is 26.3 Å². The van der Waals surface area contributed by atoms with Gasteiger partial charge in [-0.25, -0.2) is 8.78 Å². The molecule has 4 rings (SSSR count). The topological polar surface area (TPSA) is 51.4 Å². The number of aromatic nitrogens is 2. The summed E-state index contributed by atoms with van der Waals surface area (Å²) < 4.78 is 36.9. The zero-order valence-corrected chi connectivity index (χ0v) is 21.0. The second-order valence-electron chi connectivity index (χ2n) is 9.38. The molecular formula is C27H36F2N4O2. The van der Waals surface area contributed by atoms with Gasteiger partial charge in [-0.2, -0.15) is 0 Å². The van der Waals surface area contributed by atoms with Gasteiger partial charge in [-0.15, -0.1) is 0 Å². The van der Waals surface area contributed by atoms with Crippen molar-refractivity contribution in [1.29, 1.82) is 0 Å². The number of amides is 1. The average molecular weight is 487 g/mol. The molecule has 1 aliphatic heterocycles. The summed E-state index contributed by atoms with van der Waals surface area (Å²) in [5.41, 5.74) is 2.33. The van der Waals surface area contributed by atoms with Crippen molar-refractivity contribution in [2.75, 3.05) is 26.2 Å². The van der Waals surface area contributed by atoms with Crippen molar-refractivity contribution in [3.8, 4) is 11.3 Å². The van der Waals surface area contributed by atoms with E-state index >= 15 is 0 Å². The molecule has 0 spiro atoms. The Hall–Kier alpha value is -2.97. The predicted octanol–water partition coefficient (Wildman–Crippen LogP) is 4.74. The molecule has 3 aromatic rings. The van der Waals surface area contributed by atoms with E-state index in [4.69, 9.17) is 4.74 Å². The van der Waals surface area contributed by atoms with Crippen molar-refractivity contribution >= 4 is 5.91 Å². The van der Waals surface area contributed by atoms with Crippen LogP contribution >= 0.6 is 0 Å². The first-order valence-electron chi connectivity index (χ1n) is 12.1. The van der Waals surface area contributed by atoms with Crippen molar-refractivity contribution in [2.45, 2.75) is 47.0 Å². The van der Waals surface area contributed by atoms with Gasteiger partial charge in [0.25, 0.3) is 0 Å². The van der Waals surface area contributed by atoms with E-state index in [0.717, 1.165) is 29.3 Å². The lowest BCUT2D eigenvalue weighted by atomic mass is 10.1. The number of likely N-dealkylation sites (N-methyl/N-ethyl adjacent to an activating group) is 1. The molecule has 2 aromatic carbocycles. The molecule has 8 heteroatoms. The monoisotopic (exact) mass is 486 g/mol. The van der Waals surface area contributed by atoms with Crippen LogP contribution in [0.1, 0.15) is 33.3 Å². The van der Waals surface area contributed by atoms with Gasteiger partial charge < -0.3 is 15.0 Å². The molecule has 2 heterocycles. The summed E-state index contributed by atoms with van der Waals surface area (Å²) in [4.78, 5) is 14.2. The third-order valence-corrected chi connectivity index (χ3v) is 5.36. The van der Waals surface area contributed by atoms with Crippen molar-refractivity contribution in [3.63, 3.8) is 0 Å². The number of carbonyl (C=O) groups is 1. The number of hydrogen-bond donors (Lipinski definition) is 1. The molecule has 1 fully saturated rings. The Balaban J connectivity index is 0.000000795. The summed E-state index contributed by atoms with van der Waals surface area (Å²) in [5, 5.41) is 3.25. The van der Waals surface area contributed by atoms with Gasteiger partial charge in [-0.1, -0.05) is 52.0 Å². The minimum atomic E-state index is -0.324. The number of nitrogens with one attached hydrogen (secondary N) is 1. The van der Waals surface area contributed by atoms with Crippen LogP contribution in [0, 0.1) is 17.6 Å². The molecule has 1 amide bonds. The number of nitrogens with zero attached hydrogens (tertiary/aromatic N) is 3. The summed E-state index contributed by atoms with van der Waals surface area (Å²) in [6.45, 7) is 11.3. The molecule has 1 atom stereocenters. The average Bonchev–Trinajstić information content (AvgIpc) is 2.79. The second-order valence-corrected chi connectivity index (χ2v) is 9.38. The predicted molar refractivity (Wildman–Crippen MR) is 134 cm³/mol. The van der Waals surface area contributed by atoms with E-state index in [2.05, 4.69) is 26.1 Å². The minimum Gasteiger partial charge on any atom is -0.365 e. The first-order valence-corrected chi connectivity index (χ1v) is 12.1. The van der Waals surface area contributed by atoms with E-state index in [1.54, 1.807) is 17.0 Å². The van der Waals surface area contributed by atoms with Gasteiger partial charge in [0.2, 0.25) is 5.91 Å². The third-order valence-electron chi connectivity index (χ3n) is 5.36. The number of halogens is 2. The standard InChI is InChI=1S/C23H26F2N4O2.C4H10/c1-2-26-11-21-13-27(23(30)15-31-21)16-29-22(18-6-4-8-20(25)10-18)14-28(29)12-17-5-3-7-19(24)9-17;1-4(2)3/h3-10,14,21,26H,2,11-13,15-16H2,1H3;4H,1-3H3. The summed E-state index contributed by atoms with van der Waals surface area (Å²) >= 11 is 0. The van der Waals surface area contributed by atoms with Crippen LogP contribution in [0.3, 0.4) is 0 Å². The van der Waals surface area contributed by atoms with Gasteiger partial charge in [0.05, 0.1) is 24.9 Å². The molecule has 190 valence electrons. The Morgan fingerprint density at radius 2 is 1.77 bits per heavy atom. The molecule has 35 heavy (non-hydrogen) atoms. The van der Waals surface area contributed by atoms with Crippen LogP contribution in [0.15, 0.2) is 54.7 Å². The van der Waals surface area contributed by atoms with Crippen molar-refractivity contribution < 1.29 is 18.3 Å². The molecule has 0 bridgehead atoms. The first-order chi connectivity index (χ1) is 16.8. The Morgan fingerprint density at radius 1 is 1.09 bits per heavy atom. The quantitative estimate of drug-likeness (QED) is 0.501. The molecule has 1 saturated heterocycles. The number of ether oxygens (including phenoxy) is 1. The van der Waals surface area contributed by atoms with Gasteiger partial charge in [0, 0.05) is 18.3 Å². The van der Waals surface area contributed by atoms with E-state index in [9.17, 15) is 13.6 Å². The Bertz CT molecular complexity index is 1090. The molecule has 1 unspecified atom stereocenters. The molecule has 1 aliphatic rings. The zero-order chi connectivity index (χ0) is 25.4. The third kappa shape index (κ3) is 7.77. The van der Waals surface area contributed by atoms with Crippen LogP contribution in [-0.4, -0.2) is 52.5 Å². The highest BCUT2D eigenvalue weighted by Crippen LogP contribution is 2.25. The number of carbonyl (C=O) groups excluding carboxylic acids is 1. The van der Waals surface area contributed by atoms with Gasteiger partial charge in [0.1, 0.15) is 24.9 Å². The Kier molecular flexibility index (Phi) is 9.63. The SMILES string of the molecule is CC(C)C.CCNCC1CN(Cn2c(-c3cccc(F)c3)cn2Cc2cccc(F)c2)C(=O)CO1. The van der Waals surface area contributed by atoms with Crippen LogP contribution < -0.4 is 5.32 Å². The molecule has 0 saturated carbocycles. The minimum absolute atomic E-state index is 0.0345. The number of hydrogen-bond acceptors (Lipinski definition) is 3. The van der Waals surface area contributed by atoms with Gasteiger partial charge >= 0.3 is 0 Å². The fraction of sp³-hybridized carbons (Fsp3) is 0.444. The molecular weight excluding hydrogens is 450 g/mol. The second kappa shape index (κ2) is 12.7. The lowest BCUT2D eigenvalue weighted by Gasteiger charge is -2.36. The number of benzene rings is 2.